The second-order valence-corrected chi connectivity index (χ2v) is 10.7. The number of alkyl carbamates (subject to hydrolysis) is 1. The minimum absolute atomic E-state index is 0.0664. The lowest BCUT2D eigenvalue weighted by Crippen LogP contribution is -2.59. The van der Waals surface area contributed by atoms with Gasteiger partial charge in [0.25, 0.3) is 0 Å². The number of primary amides is 1. The van der Waals surface area contributed by atoms with Gasteiger partial charge in [0, 0.05) is 18.0 Å². The number of benzene rings is 1. The van der Waals surface area contributed by atoms with Crippen molar-refractivity contribution in [3.63, 3.8) is 0 Å². The van der Waals surface area contributed by atoms with Crippen LogP contribution >= 0.6 is 0 Å². The van der Waals surface area contributed by atoms with Crippen LogP contribution in [0.4, 0.5) is 4.79 Å². The fourth-order valence-corrected chi connectivity index (χ4v) is 3.48. The molecule has 0 aliphatic rings. The van der Waals surface area contributed by atoms with Crippen molar-refractivity contribution in [2.45, 2.75) is 97.5 Å². The Balaban J connectivity index is 3.56. The van der Waals surface area contributed by atoms with Crippen LogP contribution < -0.4 is 16.4 Å². The van der Waals surface area contributed by atoms with Gasteiger partial charge in [-0.1, -0.05) is 12.1 Å². The summed E-state index contributed by atoms with van der Waals surface area (Å²) in [7, 11) is 0. The van der Waals surface area contributed by atoms with E-state index in [9.17, 15) is 24.3 Å². The number of aromatic hydroxyl groups is 1. The summed E-state index contributed by atoms with van der Waals surface area (Å²) in [6, 6.07) is 3.55. The summed E-state index contributed by atoms with van der Waals surface area (Å²) in [5, 5.41) is 15.4. The fourth-order valence-electron chi connectivity index (χ4n) is 3.48. The van der Waals surface area contributed by atoms with Gasteiger partial charge >= 0.3 is 6.09 Å². The first-order valence-corrected chi connectivity index (χ1v) is 11.6. The number of carbonyl (C=O) groups excluding carboxylic acids is 4. The van der Waals surface area contributed by atoms with E-state index in [1.807, 2.05) is 0 Å². The molecule has 0 aliphatic heterocycles. The van der Waals surface area contributed by atoms with Crippen LogP contribution in [0.15, 0.2) is 24.3 Å². The monoisotopic (exact) mass is 492 g/mol. The number of phenols is 1. The average Bonchev–Trinajstić information content (AvgIpc) is 2.65. The molecule has 0 spiro atoms. The Bertz CT molecular complexity index is 917. The van der Waals surface area contributed by atoms with E-state index < -0.39 is 47.0 Å². The Morgan fingerprint density at radius 2 is 1.66 bits per heavy atom. The highest BCUT2D eigenvalue weighted by molar-refractivity contribution is 5.93. The van der Waals surface area contributed by atoms with Crippen LogP contribution in [-0.4, -0.2) is 57.0 Å². The van der Waals surface area contributed by atoms with Crippen molar-refractivity contribution in [2.24, 2.45) is 5.73 Å². The predicted octanol–water partition coefficient (Wildman–Crippen LogP) is 2.74. The van der Waals surface area contributed by atoms with Gasteiger partial charge in [-0.15, -0.1) is 0 Å². The fraction of sp³-hybridized carbons (Fsp3) is 0.600. The number of nitrogens with two attached hydrogens (primary N) is 1. The number of rotatable bonds is 9. The molecule has 5 N–H and O–H groups in total. The number of hydrogen-bond acceptors (Lipinski definition) is 6. The molecular weight excluding hydrogens is 452 g/mol. The minimum Gasteiger partial charge on any atom is -0.508 e. The summed E-state index contributed by atoms with van der Waals surface area (Å²) in [5.41, 5.74) is 3.98. The highest BCUT2D eigenvalue weighted by Gasteiger charge is 2.42. The molecule has 1 aromatic carbocycles. The van der Waals surface area contributed by atoms with Gasteiger partial charge in [0.1, 0.15) is 23.4 Å². The quantitative estimate of drug-likeness (QED) is 0.416. The Morgan fingerprint density at radius 1 is 1.06 bits per heavy atom. The van der Waals surface area contributed by atoms with E-state index in [4.69, 9.17) is 10.5 Å². The SMILES string of the molecule is CC(C)NC(=O)C(c1cccc(O)c1)N(C(=O)C(CCC(N)=O)NC(=O)OC(C)(C)C)C(C)(C)C. The Morgan fingerprint density at radius 3 is 2.11 bits per heavy atom. The molecule has 0 aromatic heterocycles. The molecule has 35 heavy (non-hydrogen) atoms. The van der Waals surface area contributed by atoms with Gasteiger partial charge in [-0.2, -0.15) is 0 Å². The molecule has 0 heterocycles. The summed E-state index contributed by atoms with van der Waals surface area (Å²) in [6.07, 6.45) is -1.09. The third-order valence-corrected chi connectivity index (χ3v) is 4.75. The van der Waals surface area contributed by atoms with E-state index >= 15 is 0 Å². The summed E-state index contributed by atoms with van der Waals surface area (Å²) >= 11 is 0. The van der Waals surface area contributed by atoms with Crippen molar-refractivity contribution < 1.29 is 29.0 Å². The van der Waals surface area contributed by atoms with Crippen LogP contribution in [0.1, 0.15) is 79.8 Å². The first-order chi connectivity index (χ1) is 15.9. The van der Waals surface area contributed by atoms with Crippen molar-refractivity contribution in [2.75, 3.05) is 0 Å². The molecule has 0 saturated heterocycles. The van der Waals surface area contributed by atoms with Gasteiger partial charge in [0.05, 0.1) is 0 Å². The van der Waals surface area contributed by atoms with Gasteiger partial charge in [-0.25, -0.2) is 4.79 Å². The van der Waals surface area contributed by atoms with Crippen LogP contribution in [0, 0.1) is 0 Å². The zero-order valence-electron chi connectivity index (χ0n) is 22.0. The number of amides is 4. The second kappa shape index (κ2) is 11.9. The number of carbonyl (C=O) groups is 4. The zero-order valence-corrected chi connectivity index (χ0v) is 22.0. The van der Waals surface area contributed by atoms with Gasteiger partial charge in [0.2, 0.25) is 17.7 Å². The number of nitrogens with zero attached hydrogens (tertiary/aromatic N) is 1. The molecule has 0 bridgehead atoms. The molecule has 10 nitrogen and oxygen atoms in total. The molecular formula is C25H40N4O6. The zero-order chi connectivity index (χ0) is 27.1. The van der Waals surface area contributed by atoms with Gasteiger partial charge in [-0.05, 0) is 79.5 Å². The maximum Gasteiger partial charge on any atom is 0.408 e. The van der Waals surface area contributed by atoms with E-state index in [1.54, 1.807) is 67.5 Å². The first kappa shape index (κ1) is 29.7. The Hall–Kier alpha value is -3.30. The lowest BCUT2D eigenvalue weighted by atomic mass is 9.94. The molecule has 0 fully saturated rings. The van der Waals surface area contributed by atoms with Gasteiger partial charge in [-0.3, -0.25) is 14.4 Å². The number of nitrogens with one attached hydrogen (secondary N) is 2. The molecule has 2 unspecified atom stereocenters. The molecule has 196 valence electrons. The predicted molar refractivity (Wildman–Crippen MR) is 132 cm³/mol. The van der Waals surface area contributed by atoms with Crippen molar-refractivity contribution in [3.8, 4) is 5.75 Å². The van der Waals surface area contributed by atoms with E-state index in [1.165, 1.54) is 17.0 Å². The van der Waals surface area contributed by atoms with Crippen LogP contribution in [0.25, 0.3) is 0 Å². The van der Waals surface area contributed by atoms with Crippen molar-refractivity contribution in [1.82, 2.24) is 15.5 Å². The smallest absolute Gasteiger partial charge is 0.408 e. The molecule has 1 rings (SSSR count). The lowest BCUT2D eigenvalue weighted by molar-refractivity contribution is -0.148. The number of phenolic OH excluding ortho intramolecular Hbond substituents is 1. The highest BCUT2D eigenvalue weighted by atomic mass is 16.6. The van der Waals surface area contributed by atoms with Gasteiger partial charge < -0.3 is 31.1 Å². The topological polar surface area (TPSA) is 151 Å². The number of ether oxygens (including phenoxy) is 1. The second-order valence-electron chi connectivity index (χ2n) is 10.7. The maximum absolute atomic E-state index is 14.0. The van der Waals surface area contributed by atoms with Crippen molar-refractivity contribution in [3.05, 3.63) is 29.8 Å². The molecule has 2 atom stereocenters. The molecule has 0 aliphatic carbocycles. The van der Waals surface area contributed by atoms with Crippen LogP contribution in [0.5, 0.6) is 5.75 Å². The largest absolute Gasteiger partial charge is 0.508 e. The van der Waals surface area contributed by atoms with Crippen LogP contribution in [0.3, 0.4) is 0 Å². The van der Waals surface area contributed by atoms with Crippen molar-refractivity contribution in [1.29, 1.82) is 0 Å². The van der Waals surface area contributed by atoms with Crippen LogP contribution in [0.2, 0.25) is 0 Å². The first-order valence-electron chi connectivity index (χ1n) is 11.6. The third-order valence-electron chi connectivity index (χ3n) is 4.75. The minimum atomic E-state index is -1.19. The van der Waals surface area contributed by atoms with Gasteiger partial charge in [0.15, 0.2) is 0 Å². The van der Waals surface area contributed by atoms with Crippen molar-refractivity contribution >= 4 is 23.8 Å². The maximum atomic E-state index is 14.0. The molecule has 1 aromatic rings. The number of hydrogen-bond donors (Lipinski definition) is 4. The molecule has 0 saturated carbocycles. The van der Waals surface area contributed by atoms with Crippen LogP contribution in [-0.2, 0) is 19.1 Å². The highest BCUT2D eigenvalue weighted by Crippen LogP contribution is 2.32. The average molecular weight is 493 g/mol. The van der Waals surface area contributed by atoms with E-state index in [2.05, 4.69) is 10.6 Å². The standard InChI is InChI=1S/C25H40N4O6/c1-15(2)27-21(32)20(16-10-9-11-17(30)14-16)29(24(3,4)5)22(33)18(12-13-19(26)31)28-23(34)35-25(6,7)8/h9-11,14-15,18,20,30H,12-13H2,1-8H3,(H2,26,31)(H,27,32)(H,28,34). The van der Waals surface area contributed by atoms with E-state index in [-0.39, 0.29) is 24.6 Å². The van der Waals surface area contributed by atoms with E-state index in [0.717, 1.165) is 0 Å². The summed E-state index contributed by atoms with van der Waals surface area (Å²) in [5.74, 6) is -1.77. The Kier molecular flexibility index (Phi) is 10.1. The molecule has 10 heteroatoms. The Labute approximate surface area is 207 Å². The summed E-state index contributed by atoms with van der Waals surface area (Å²) < 4.78 is 5.30. The summed E-state index contributed by atoms with van der Waals surface area (Å²) in [4.78, 5) is 52.7. The normalized spacial score (nSPS) is 13.5. The third kappa shape index (κ3) is 9.84. The summed E-state index contributed by atoms with van der Waals surface area (Å²) in [6.45, 7) is 13.9. The molecule has 4 amide bonds. The molecule has 0 radical (unpaired) electrons. The van der Waals surface area contributed by atoms with E-state index in [0.29, 0.717) is 5.56 Å². The lowest BCUT2D eigenvalue weighted by Gasteiger charge is -2.43.